The van der Waals surface area contributed by atoms with Crippen LogP contribution in [0.3, 0.4) is 0 Å². The minimum atomic E-state index is -0.393. The lowest BCUT2D eigenvalue weighted by Gasteiger charge is -2.27. The number of hydrogen-bond acceptors (Lipinski definition) is 5. The van der Waals surface area contributed by atoms with Crippen LogP contribution in [0.2, 0.25) is 0 Å². The van der Waals surface area contributed by atoms with Crippen LogP contribution >= 0.6 is 0 Å². The van der Waals surface area contributed by atoms with E-state index in [4.69, 9.17) is 9.15 Å². The highest BCUT2D eigenvalue weighted by molar-refractivity contribution is 5.92. The van der Waals surface area contributed by atoms with Crippen molar-refractivity contribution in [3.63, 3.8) is 0 Å². The molecule has 4 rings (SSSR count). The van der Waals surface area contributed by atoms with Crippen LogP contribution in [-0.4, -0.2) is 37.2 Å². The fourth-order valence-electron chi connectivity index (χ4n) is 3.04. The van der Waals surface area contributed by atoms with Crippen LogP contribution in [0.25, 0.3) is 11.3 Å². The lowest BCUT2D eigenvalue weighted by Crippen LogP contribution is -2.36. The van der Waals surface area contributed by atoms with Gasteiger partial charge in [-0.3, -0.25) is 4.79 Å². The Labute approximate surface area is 161 Å². The highest BCUT2D eigenvalue weighted by Crippen LogP contribution is 2.24. The quantitative estimate of drug-likeness (QED) is 0.735. The van der Waals surface area contributed by atoms with Gasteiger partial charge in [0.05, 0.1) is 18.8 Å². The molecule has 1 saturated heterocycles. The van der Waals surface area contributed by atoms with E-state index < -0.39 is 5.82 Å². The number of aromatic nitrogens is 1. The van der Waals surface area contributed by atoms with E-state index in [0.29, 0.717) is 31.1 Å². The molecule has 6 nitrogen and oxygen atoms in total. The van der Waals surface area contributed by atoms with Gasteiger partial charge in [0, 0.05) is 25.8 Å². The molecule has 0 atom stereocenters. The zero-order chi connectivity index (χ0) is 19.3. The third kappa shape index (κ3) is 4.04. The highest BCUT2D eigenvalue weighted by Gasteiger charge is 2.15. The van der Waals surface area contributed by atoms with Crippen molar-refractivity contribution in [3.05, 3.63) is 71.9 Å². The van der Waals surface area contributed by atoms with Gasteiger partial charge in [-0.25, -0.2) is 9.37 Å². The van der Waals surface area contributed by atoms with E-state index >= 15 is 0 Å². The molecule has 0 spiro atoms. The van der Waals surface area contributed by atoms with Gasteiger partial charge in [0.25, 0.3) is 5.91 Å². The maximum Gasteiger partial charge on any atom is 0.287 e. The maximum absolute atomic E-state index is 13.8. The Morgan fingerprint density at radius 1 is 1.11 bits per heavy atom. The summed E-state index contributed by atoms with van der Waals surface area (Å²) in [6.07, 6.45) is 1.75. The minimum Gasteiger partial charge on any atom is -0.451 e. The first-order valence-corrected chi connectivity index (χ1v) is 9.11. The van der Waals surface area contributed by atoms with Gasteiger partial charge < -0.3 is 19.4 Å². The summed E-state index contributed by atoms with van der Waals surface area (Å²) in [6.45, 7) is 3.39. The molecule has 1 aliphatic rings. The van der Waals surface area contributed by atoms with Crippen molar-refractivity contribution < 1.29 is 18.3 Å². The Balaban J connectivity index is 1.36. The first-order valence-electron chi connectivity index (χ1n) is 9.11. The predicted molar refractivity (Wildman–Crippen MR) is 103 cm³/mol. The summed E-state index contributed by atoms with van der Waals surface area (Å²) in [6, 6.07) is 13.3. The molecule has 144 valence electrons. The normalized spacial score (nSPS) is 14.1. The first kappa shape index (κ1) is 18.2. The van der Waals surface area contributed by atoms with E-state index in [2.05, 4.69) is 15.2 Å². The monoisotopic (exact) mass is 381 g/mol. The number of hydrogen-bond donors (Lipinski definition) is 1. The molecule has 3 heterocycles. The summed E-state index contributed by atoms with van der Waals surface area (Å²) in [5.41, 5.74) is 1.20. The Morgan fingerprint density at radius 3 is 2.68 bits per heavy atom. The molecule has 0 saturated carbocycles. The number of carbonyl (C=O) groups is 1. The zero-order valence-corrected chi connectivity index (χ0v) is 15.2. The standard InChI is InChI=1S/C21H20FN3O3/c22-17-4-2-1-3-16(17)18-6-7-19(28-18)21(26)24-14-15-5-8-20(23-13-15)25-9-11-27-12-10-25/h1-8,13H,9-12,14H2,(H,24,26). The Kier molecular flexibility index (Phi) is 5.34. The second-order valence-electron chi connectivity index (χ2n) is 6.45. The van der Waals surface area contributed by atoms with E-state index in [1.165, 1.54) is 12.1 Å². The smallest absolute Gasteiger partial charge is 0.287 e. The largest absolute Gasteiger partial charge is 0.451 e. The van der Waals surface area contributed by atoms with Crippen LogP contribution in [0.1, 0.15) is 16.1 Å². The lowest BCUT2D eigenvalue weighted by atomic mass is 10.1. The fraction of sp³-hybridized carbons (Fsp3) is 0.238. The third-order valence-electron chi connectivity index (χ3n) is 4.57. The van der Waals surface area contributed by atoms with Crippen molar-refractivity contribution in [1.82, 2.24) is 10.3 Å². The number of amides is 1. The molecule has 28 heavy (non-hydrogen) atoms. The van der Waals surface area contributed by atoms with Gasteiger partial charge in [-0.2, -0.15) is 0 Å². The molecule has 7 heteroatoms. The number of benzene rings is 1. The average molecular weight is 381 g/mol. The summed E-state index contributed by atoms with van der Waals surface area (Å²) in [7, 11) is 0. The van der Waals surface area contributed by atoms with Crippen LogP contribution in [0.15, 0.2) is 59.1 Å². The van der Waals surface area contributed by atoms with E-state index in [0.717, 1.165) is 24.5 Å². The molecule has 0 bridgehead atoms. The number of morpholine rings is 1. The molecule has 1 aromatic carbocycles. The number of nitrogens with one attached hydrogen (secondary N) is 1. The van der Waals surface area contributed by atoms with Crippen LogP contribution < -0.4 is 10.2 Å². The topological polar surface area (TPSA) is 67.6 Å². The molecule has 3 aromatic rings. The molecular formula is C21H20FN3O3. The summed E-state index contributed by atoms with van der Waals surface area (Å²) in [4.78, 5) is 18.9. The second kappa shape index (κ2) is 8.22. The molecule has 0 aliphatic carbocycles. The van der Waals surface area contributed by atoms with Crippen LogP contribution in [0.4, 0.5) is 10.2 Å². The van der Waals surface area contributed by atoms with Gasteiger partial charge in [0.15, 0.2) is 5.76 Å². The van der Waals surface area contributed by atoms with Gasteiger partial charge >= 0.3 is 0 Å². The molecule has 2 aromatic heterocycles. The molecular weight excluding hydrogens is 361 g/mol. The van der Waals surface area contributed by atoms with Gasteiger partial charge in [-0.1, -0.05) is 18.2 Å². The second-order valence-corrected chi connectivity index (χ2v) is 6.45. The van der Waals surface area contributed by atoms with E-state index in [1.807, 2.05) is 12.1 Å². The average Bonchev–Trinajstić information content (AvgIpc) is 3.23. The maximum atomic E-state index is 13.8. The predicted octanol–water partition coefficient (Wildman–Crippen LogP) is 3.25. The van der Waals surface area contributed by atoms with Gasteiger partial charge in [-0.15, -0.1) is 0 Å². The number of furan rings is 1. The van der Waals surface area contributed by atoms with Crippen molar-refractivity contribution in [3.8, 4) is 11.3 Å². The third-order valence-corrected chi connectivity index (χ3v) is 4.57. The summed E-state index contributed by atoms with van der Waals surface area (Å²) in [5, 5.41) is 2.79. The zero-order valence-electron chi connectivity index (χ0n) is 15.2. The number of carbonyl (C=O) groups excluding carboxylic acids is 1. The summed E-state index contributed by atoms with van der Waals surface area (Å²) < 4.78 is 24.7. The van der Waals surface area contributed by atoms with E-state index in [9.17, 15) is 9.18 Å². The summed E-state index contributed by atoms with van der Waals surface area (Å²) in [5.74, 6) is 0.602. The number of anilines is 1. The van der Waals surface area contributed by atoms with Crippen LogP contribution in [0, 0.1) is 5.82 Å². The Morgan fingerprint density at radius 2 is 1.93 bits per heavy atom. The van der Waals surface area contributed by atoms with E-state index in [1.54, 1.807) is 30.5 Å². The highest BCUT2D eigenvalue weighted by atomic mass is 19.1. The lowest BCUT2D eigenvalue weighted by molar-refractivity contribution is 0.0924. The molecule has 1 amide bonds. The molecule has 1 aliphatic heterocycles. The van der Waals surface area contributed by atoms with Gasteiger partial charge in [0.2, 0.25) is 0 Å². The number of pyridine rings is 1. The van der Waals surface area contributed by atoms with Gasteiger partial charge in [0.1, 0.15) is 17.4 Å². The van der Waals surface area contributed by atoms with E-state index in [-0.39, 0.29) is 11.7 Å². The molecule has 0 radical (unpaired) electrons. The minimum absolute atomic E-state index is 0.135. The Hall–Kier alpha value is -3.19. The van der Waals surface area contributed by atoms with Crippen LogP contribution in [0.5, 0.6) is 0 Å². The van der Waals surface area contributed by atoms with Gasteiger partial charge in [-0.05, 0) is 35.9 Å². The number of halogens is 1. The SMILES string of the molecule is O=C(NCc1ccc(N2CCOCC2)nc1)c1ccc(-c2ccccc2F)o1. The molecule has 1 fully saturated rings. The number of ether oxygens (including phenoxy) is 1. The van der Waals surface area contributed by atoms with Crippen molar-refractivity contribution in [2.24, 2.45) is 0 Å². The number of rotatable bonds is 5. The molecule has 1 N–H and O–H groups in total. The fourth-order valence-corrected chi connectivity index (χ4v) is 3.04. The van der Waals surface area contributed by atoms with Crippen molar-refractivity contribution >= 4 is 11.7 Å². The van der Waals surface area contributed by atoms with Crippen molar-refractivity contribution in [1.29, 1.82) is 0 Å². The summed E-state index contributed by atoms with van der Waals surface area (Å²) >= 11 is 0. The van der Waals surface area contributed by atoms with Crippen molar-refractivity contribution in [2.75, 3.05) is 31.2 Å². The molecule has 0 unspecified atom stereocenters. The first-order chi connectivity index (χ1) is 13.7. The number of nitrogens with zero attached hydrogens (tertiary/aromatic N) is 2. The Bertz CT molecular complexity index is 950. The van der Waals surface area contributed by atoms with Crippen molar-refractivity contribution in [2.45, 2.75) is 6.54 Å². The van der Waals surface area contributed by atoms with Crippen LogP contribution in [-0.2, 0) is 11.3 Å².